The molecule has 0 amide bonds. The first-order valence-corrected chi connectivity index (χ1v) is 0. The number of hydrogen-bond donors (Lipinski definition) is 0. The van der Waals surface area contributed by atoms with Crippen LogP contribution in [0, 0.1) is 0 Å². The Labute approximate surface area is 170 Å². The summed E-state index contributed by atoms with van der Waals surface area (Å²) in [6, 6.07) is 0. The molecule has 7 heteroatoms. The van der Waals surface area contributed by atoms with E-state index >= 15 is 0 Å². The van der Waals surface area contributed by atoms with Crippen LogP contribution in [0.15, 0.2) is 0 Å². The van der Waals surface area contributed by atoms with Gasteiger partial charge in [-0.15, -0.1) is 0 Å². The molecule has 0 rings (SSSR count). The summed E-state index contributed by atoms with van der Waals surface area (Å²) in [5.74, 6) is 0. The van der Waals surface area contributed by atoms with E-state index in [1.165, 1.54) is 0 Å². The van der Waals surface area contributed by atoms with Gasteiger partial charge in [0.2, 0.25) is 0 Å². The van der Waals surface area contributed by atoms with E-state index in [-0.39, 0.29) is 175 Å². The molecule has 0 saturated carbocycles. The van der Waals surface area contributed by atoms with Crippen LogP contribution in [0.5, 0.6) is 0 Å². The zero-order valence-corrected chi connectivity index (χ0v) is 12.3. The van der Waals surface area contributed by atoms with Gasteiger partial charge in [-0.05, 0) is 0 Å². The van der Waals surface area contributed by atoms with Gasteiger partial charge in [-0.1, -0.05) is 0 Å². The van der Waals surface area contributed by atoms with Crippen LogP contribution >= 0.6 is 0 Å². The van der Waals surface area contributed by atoms with E-state index in [1.807, 2.05) is 0 Å². The van der Waals surface area contributed by atoms with E-state index < -0.39 is 0 Å². The van der Waals surface area contributed by atoms with Gasteiger partial charge in [-0.3, -0.25) is 0 Å². The van der Waals surface area contributed by atoms with Crippen LogP contribution in [-0.2, 0) is 77.5 Å². The van der Waals surface area contributed by atoms with Crippen LogP contribution in [-0.4, -0.2) is 97.7 Å². The van der Waals surface area contributed by atoms with E-state index in [1.54, 1.807) is 0 Å². The molecule has 0 saturated heterocycles. The van der Waals surface area contributed by atoms with Crippen molar-refractivity contribution in [3.8, 4) is 0 Å². The molecule has 0 N–H and O–H groups in total. The molecule has 0 aromatic rings. The fraction of sp³-hybridized carbons (Fsp3) is 0. The predicted molar refractivity (Wildman–Crippen MR) is 56.5 cm³/mol. The van der Waals surface area contributed by atoms with Crippen molar-refractivity contribution in [2.75, 3.05) is 0 Å². The average molecular weight is 1050 g/mol. The van der Waals surface area contributed by atoms with Gasteiger partial charge in [-0.25, -0.2) is 0 Å². The van der Waals surface area contributed by atoms with Crippen molar-refractivity contribution in [1.29, 1.82) is 0 Å². The maximum atomic E-state index is 0. The van der Waals surface area contributed by atoms with Crippen molar-refractivity contribution in [1.82, 2.24) is 0 Å². The first-order valence-electron chi connectivity index (χ1n) is 0. The summed E-state index contributed by atoms with van der Waals surface area (Å²) in [5, 5.41) is 0. The summed E-state index contributed by atoms with van der Waals surface area (Å²) in [7, 11) is 0. The van der Waals surface area contributed by atoms with Crippen LogP contribution in [0.2, 0.25) is 0 Å². The Bertz CT molecular complexity index is 6.90. The molecule has 0 spiro atoms. The van der Waals surface area contributed by atoms with Crippen LogP contribution in [0.25, 0.3) is 0 Å². The van der Waals surface area contributed by atoms with Crippen LogP contribution in [0.4, 0.5) is 0 Å². The fourth-order valence-corrected chi connectivity index (χ4v) is 0. The zero-order chi connectivity index (χ0) is 0. The molecule has 7 heavy (non-hydrogen) atoms. The van der Waals surface area contributed by atoms with Gasteiger partial charge in [0.25, 0.3) is 0 Å². The van der Waals surface area contributed by atoms with Gasteiger partial charge in [0.05, 0.1) is 0 Å². The molecule has 0 aromatic heterocycles. The molecule has 56 valence electrons. The summed E-state index contributed by atoms with van der Waals surface area (Å²) in [6.07, 6.45) is 0. The Balaban J connectivity index is 0. The molecule has 0 fully saturated rings. The average Bonchev–Trinajstić information content (AvgIpc) is 0. The number of hydrogen-bond acceptors (Lipinski definition) is 0. The summed E-state index contributed by atoms with van der Waals surface area (Å²) < 4.78 is 0. The second-order valence-corrected chi connectivity index (χ2v) is 0. The molecule has 0 bridgehead atoms. The first-order chi connectivity index (χ1) is 0. The molecule has 0 unspecified atom stereocenters. The Kier molecular flexibility index (Phi) is 305. The molecular formula is H24Hf3Sb4. The van der Waals surface area contributed by atoms with Crippen LogP contribution in [0.3, 0.4) is 0 Å². The number of rotatable bonds is 0. The van der Waals surface area contributed by atoms with Crippen LogP contribution in [0.1, 0.15) is 0 Å². The summed E-state index contributed by atoms with van der Waals surface area (Å²) in [6.45, 7) is 0. The van der Waals surface area contributed by atoms with Gasteiger partial charge >= 0.3 is 175 Å². The third-order valence-corrected chi connectivity index (χ3v) is 0. The van der Waals surface area contributed by atoms with Crippen molar-refractivity contribution in [3.05, 3.63) is 0 Å². The Morgan fingerprint density at radius 3 is 0.286 bits per heavy atom. The summed E-state index contributed by atoms with van der Waals surface area (Å²) in [4.78, 5) is 0. The second kappa shape index (κ2) is 40.7. The van der Waals surface area contributed by atoms with Gasteiger partial charge in [0, 0.05) is 0 Å². The van der Waals surface area contributed by atoms with Crippen molar-refractivity contribution < 1.29 is 77.5 Å². The van der Waals surface area contributed by atoms with Crippen molar-refractivity contribution in [2.45, 2.75) is 0 Å². The minimum atomic E-state index is 0. The van der Waals surface area contributed by atoms with Crippen molar-refractivity contribution >= 4 is 97.7 Å². The topological polar surface area (TPSA) is 0 Å². The van der Waals surface area contributed by atoms with E-state index in [0.717, 1.165) is 0 Å². The SMILES string of the molecule is [Hf+4].[Hf+4].[Hf+4].[SbH6-3].[SbH6-3].[SbH6-3].[SbH6-3]. The predicted octanol–water partition coefficient (Wildman–Crippen LogP) is -7.96. The third kappa shape index (κ3) is 33.5. The molecule has 0 aliphatic heterocycles. The molecule has 0 aromatic carbocycles. The van der Waals surface area contributed by atoms with Gasteiger partial charge in [-0.2, -0.15) is 0 Å². The molecule has 0 heterocycles. The second-order valence-electron chi connectivity index (χ2n) is 0. The zero-order valence-electron chi connectivity index (χ0n) is 1.50. The van der Waals surface area contributed by atoms with E-state index in [0.29, 0.717) is 0 Å². The Morgan fingerprint density at radius 2 is 0.286 bits per heavy atom. The normalized spacial score (nSPS) is 0. The summed E-state index contributed by atoms with van der Waals surface area (Å²) >= 11 is 0. The minimum absolute atomic E-state index is 0. The summed E-state index contributed by atoms with van der Waals surface area (Å²) in [5.41, 5.74) is 0. The Hall–Kier alpha value is 5.88. The van der Waals surface area contributed by atoms with E-state index in [2.05, 4.69) is 0 Å². The van der Waals surface area contributed by atoms with Gasteiger partial charge < -0.3 is 0 Å². The molecule has 0 aliphatic rings. The van der Waals surface area contributed by atoms with Crippen molar-refractivity contribution in [2.24, 2.45) is 0 Å². The van der Waals surface area contributed by atoms with E-state index in [9.17, 15) is 0 Å². The molecule has 0 atom stereocenters. The fourth-order valence-electron chi connectivity index (χ4n) is 0. The molecular weight excluding hydrogens is 1020 g/mol. The van der Waals surface area contributed by atoms with Crippen molar-refractivity contribution in [3.63, 3.8) is 0 Å². The Morgan fingerprint density at radius 1 is 0.286 bits per heavy atom. The molecule has 0 nitrogen and oxygen atoms in total. The monoisotopic (exact) mass is 1050 g/mol. The molecule has 0 radical (unpaired) electrons. The van der Waals surface area contributed by atoms with Gasteiger partial charge in [0.15, 0.2) is 0 Å². The maximum absolute atomic E-state index is 0. The quantitative estimate of drug-likeness (QED) is 0.212. The van der Waals surface area contributed by atoms with Gasteiger partial charge in [0.1, 0.15) is 0 Å². The standard InChI is InChI=1S/3Hf.4Sb.24H/q3*+4;4*-3;;;;;;;;;;;;;;;;;;;;;;;;. The van der Waals surface area contributed by atoms with Crippen LogP contribution < -0.4 is 0 Å². The molecule has 0 aliphatic carbocycles. The third-order valence-electron chi connectivity index (χ3n) is 0. The first kappa shape index (κ1) is 52.6. The van der Waals surface area contributed by atoms with E-state index in [4.69, 9.17) is 0 Å².